The van der Waals surface area contributed by atoms with E-state index in [0.717, 1.165) is 31.3 Å². The molecule has 1 rings (SSSR count). The molecule has 0 bridgehead atoms. The number of carboxylic acid groups (broad SMARTS) is 1. The van der Waals surface area contributed by atoms with Gasteiger partial charge in [-0.15, -0.1) is 0 Å². The first-order chi connectivity index (χ1) is 8.54. The highest BCUT2D eigenvalue weighted by Gasteiger charge is 2.22. The SMILES string of the molecule is COC1C=C(CCCCCC(C)C(=O)O)C(=O)C1. The number of rotatable bonds is 8. The second-order valence-electron chi connectivity index (χ2n) is 4.93. The maximum Gasteiger partial charge on any atom is 0.306 e. The zero-order chi connectivity index (χ0) is 13.5. The van der Waals surface area contributed by atoms with Gasteiger partial charge in [-0.25, -0.2) is 0 Å². The number of unbranched alkanes of at least 4 members (excludes halogenated alkanes) is 2. The number of allylic oxidation sites excluding steroid dienone is 1. The van der Waals surface area contributed by atoms with Gasteiger partial charge < -0.3 is 9.84 Å². The quantitative estimate of drug-likeness (QED) is 0.676. The van der Waals surface area contributed by atoms with Gasteiger partial charge in [0.25, 0.3) is 0 Å². The molecular formula is C14H22O4. The van der Waals surface area contributed by atoms with E-state index in [9.17, 15) is 9.59 Å². The Morgan fingerprint density at radius 1 is 1.50 bits per heavy atom. The maximum atomic E-state index is 11.6. The molecule has 1 aliphatic rings. The number of aliphatic carboxylic acids is 1. The van der Waals surface area contributed by atoms with Crippen LogP contribution in [-0.4, -0.2) is 30.1 Å². The number of hydrogen-bond donors (Lipinski definition) is 1. The van der Waals surface area contributed by atoms with E-state index in [-0.39, 0.29) is 17.8 Å². The number of methoxy groups -OCH3 is 1. The van der Waals surface area contributed by atoms with Crippen molar-refractivity contribution in [3.8, 4) is 0 Å². The molecule has 102 valence electrons. The van der Waals surface area contributed by atoms with Gasteiger partial charge in [0, 0.05) is 13.5 Å². The molecular weight excluding hydrogens is 232 g/mol. The fraction of sp³-hybridized carbons (Fsp3) is 0.714. The molecule has 1 N–H and O–H groups in total. The zero-order valence-corrected chi connectivity index (χ0v) is 11.1. The summed E-state index contributed by atoms with van der Waals surface area (Å²) in [6, 6.07) is 0. The maximum absolute atomic E-state index is 11.6. The standard InChI is InChI=1S/C14H22O4/c1-10(14(16)17)6-4-3-5-7-11-8-12(18-2)9-13(11)15/h8,10,12H,3-7,9H2,1-2H3,(H,16,17). The van der Waals surface area contributed by atoms with Gasteiger partial charge in [0.1, 0.15) is 0 Å². The molecule has 4 heteroatoms. The molecule has 0 saturated heterocycles. The highest BCUT2D eigenvalue weighted by molar-refractivity contribution is 5.98. The van der Waals surface area contributed by atoms with Gasteiger partial charge in [-0.2, -0.15) is 0 Å². The average Bonchev–Trinajstić information content (AvgIpc) is 2.69. The first-order valence-corrected chi connectivity index (χ1v) is 6.54. The topological polar surface area (TPSA) is 63.6 Å². The van der Waals surface area contributed by atoms with Crippen LogP contribution >= 0.6 is 0 Å². The summed E-state index contributed by atoms with van der Waals surface area (Å²) in [5, 5.41) is 8.73. The van der Waals surface area contributed by atoms with Gasteiger partial charge in [0.05, 0.1) is 12.0 Å². The van der Waals surface area contributed by atoms with Crippen LogP contribution in [0.2, 0.25) is 0 Å². The van der Waals surface area contributed by atoms with Crippen LogP contribution in [0.5, 0.6) is 0 Å². The third-order valence-corrected chi connectivity index (χ3v) is 3.44. The van der Waals surface area contributed by atoms with Gasteiger partial charge >= 0.3 is 5.97 Å². The first kappa shape index (κ1) is 14.9. The van der Waals surface area contributed by atoms with E-state index in [1.54, 1.807) is 14.0 Å². The van der Waals surface area contributed by atoms with Crippen LogP contribution in [-0.2, 0) is 14.3 Å². The van der Waals surface area contributed by atoms with Crippen LogP contribution in [0.1, 0.15) is 45.4 Å². The van der Waals surface area contributed by atoms with Crippen molar-refractivity contribution < 1.29 is 19.4 Å². The molecule has 0 aromatic carbocycles. The smallest absolute Gasteiger partial charge is 0.306 e. The minimum atomic E-state index is -0.730. The van der Waals surface area contributed by atoms with Crippen LogP contribution in [0.25, 0.3) is 0 Å². The lowest BCUT2D eigenvalue weighted by molar-refractivity contribution is -0.141. The van der Waals surface area contributed by atoms with Crippen LogP contribution in [0.4, 0.5) is 0 Å². The summed E-state index contributed by atoms with van der Waals surface area (Å²) < 4.78 is 5.13. The Hall–Kier alpha value is -1.16. The Bertz CT molecular complexity index is 333. The molecule has 2 atom stereocenters. The number of carbonyl (C=O) groups excluding carboxylic acids is 1. The summed E-state index contributed by atoms with van der Waals surface area (Å²) in [7, 11) is 1.62. The second-order valence-corrected chi connectivity index (χ2v) is 4.93. The Morgan fingerprint density at radius 3 is 2.78 bits per heavy atom. The van der Waals surface area contributed by atoms with Crippen molar-refractivity contribution in [2.45, 2.75) is 51.6 Å². The number of ether oxygens (including phenoxy) is 1. The lowest BCUT2D eigenvalue weighted by atomic mass is 10.0. The number of Topliss-reactive ketones (excluding diaryl/α,β-unsaturated/α-hetero) is 1. The molecule has 0 spiro atoms. The Labute approximate surface area is 108 Å². The number of carbonyl (C=O) groups is 2. The predicted molar refractivity (Wildman–Crippen MR) is 68.4 cm³/mol. The van der Waals surface area contributed by atoms with Crippen molar-refractivity contribution in [3.63, 3.8) is 0 Å². The molecule has 0 fully saturated rings. The van der Waals surface area contributed by atoms with E-state index in [4.69, 9.17) is 9.84 Å². The fourth-order valence-corrected chi connectivity index (χ4v) is 2.13. The van der Waals surface area contributed by atoms with Gasteiger partial charge in [0.15, 0.2) is 5.78 Å². The third kappa shape index (κ3) is 4.61. The van der Waals surface area contributed by atoms with Crippen LogP contribution in [0.3, 0.4) is 0 Å². The molecule has 0 heterocycles. The molecule has 0 amide bonds. The second kappa shape index (κ2) is 7.31. The highest BCUT2D eigenvalue weighted by Crippen LogP contribution is 2.22. The van der Waals surface area contributed by atoms with Crippen LogP contribution in [0, 0.1) is 5.92 Å². The summed E-state index contributed by atoms with van der Waals surface area (Å²) in [4.78, 5) is 22.2. The Morgan fingerprint density at radius 2 is 2.22 bits per heavy atom. The largest absolute Gasteiger partial charge is 0.481 e. The van der Waals surface area contributed by atoms with Gasteiger partial charge in [-0.05, 0) is 30.9 Å². The lowest BCUT2D eigenvalue weighted by Crippen LogP contribution is -2.08. The fourth-order valence-electron chi connectivity index (χ4n) is 2.13. The molecule has 0 saturated carbocycles. The van der Waals surface area contributed by atoms with Crippen molar-refractivity contribution in [2.24, 2.45) is 5.92 Å². The minimum Gasteiger partial charge on any atom is -0.481 e. The van der Waals surface area contributed by atoms with E-state index in [1.165, 1.54) is 0 Å². The van der Waals surface area contributed by atoms with E-state index in [1.807, 2.05) is 6.08 Å². The van der Waals surface area contributed by atoms with Crippen molar-refractivity contribution in [2.75, 3.05) is 7.11 Å². The van der Waals surface area contributed by atoms with Crippen molar-refractivity contribution in [3.05, 3.63) is 11.6 Å². The molecule has 0 aromatic rings. The van der Waals surface area contributed by atoms with E-state index < -0.39 is 5.97 Å². The number of ketones is 1. The molecule has 1 aliphatic carbocycles. The Balaban J connectivity index is 2.15. The zero-order valence-electron chi connectivity index (χ0n) is 11.1. The summed E-state index contributed by atoms with van der Waals surface area (Å²) in [5.41, 5.74) is 0.883. The van der Waals surface area contributed by atoms with Gasteiger partial charge in [-0.1, -0.05) is 19.8 Å². The molecule has 4 nitrogen and oxygen atoms in total. The minimum absolute atomic E-state index is 0.0421. The van der Waals surface area contributed by atoms with E-state index in [2.05, 4.69) is 0 Å². The van der Waals surface area contributed by atoms with E-state index in [0.29, 0.717) is 12.8 Å². The van der Waals surface area contributed by atoms with Crippen molar-refractivity contribution in [1.29, 1.82) is 0 Å². The molecule has 18 heavy (non-hydrogen) atoms. The molecule has 0 aliphatic heterocycles. The average molecular weight is 254 g/mol. The van der Waals surface area contributed by atoms with Crippen LogP contribution in [0.15, 0.2) is 11.6 Å². The summed E-state index contributed by atoms with van der Waals surface area (Å²) in [6.07, 6.45) is 6.68. The third-order valence-electron chi connectivity index (χ3n) is 3.44. The lowest BCUT2D eigenvalue weighted by Gasteiger charge is -2.05. The summed E-state index contributed by atoms with van der Waals surface area (Å²) in [5.74, 6) is -0.803. The molecule has 2 unspecified atom stereocenters. The highest BCUT2D eigenvalue weighted by atomic mass is 16.5. The van der Waals surface area contributed by atoms with Crippen molar-refractivity contribution >= 4 is 11.8 Å². The Kier molecular flexibility index (Phi) is 6.05. The van der Waals surface area contributed by atoms with Gasteiger partial charge in [0.2, 0.25) is 0 Å². The summed E-state index contributed by atoms with van der Waals surface area (Å²) in [6.45, 7) is 1.73. The number of hydrogen-bond acceptors (Lipinski definition) is 3. The van der Waals surface area contributed by atoms with E-state index >= 15 is 0 Å². The number of carboxylic acids is 1. The predicted octanol–water partition coefficient (Wildman–Crippen LogP) is 2.57. The summed E-state index contributed by atoms with van der Waals surface area (Å²) >= 11 is 0. The van der Waals surface area contributed by atoms with Gasteiger partial charge in [-0.3, -0.25) is 9.59 Å². The first-order valence-electron chi connectivity index (χ1n) is 6.54. The van der Waals surface area contributed by atoms with Crippen molar-refractivity contribution in [1.82, 2.24) is 0 Å². The monoisotopic (exact) mass is 254 g/mol. The van der Waals surface area contributed by atoms with Crippen LogP contribution < -0.4 is 0 Å². The molecule has 0 aromatic heterocycles. The normalized spacial score (nSPS) is 20.9. The molecule has 0 radical (unpaired) electrons.